The number of aliphatic hydroxyl groups is 1. The van der Waals surface area contributed by atoms with Crippen LogP contribution >= 0.6 is 0 Å². The van der Waals surface area contributed by atoms with Crippen LogP contribution in [0.15, 0.2) is 24.3 Å². The van der Waals surface area contributed by atoms with Crippen molar-refractivity contribution in [3.63, 3.8) is 0 Å². The maximum atomic E-state index is 12.4. The summed E-state index contributed by atoms with van der Waals surface area (Å²) in [7, 11) is 1.57. The fourth-order valence-electron chi connectivity index (χ4n) is 4.03. The molecule has 0 aromatic heterocycles. The van der Waals surface area contributed by atoms with Gasteiger partial charge in [-0.2, -0.15) is 0 Å². The molecule has 3 N–H and O–H groups in total. The zero-order valence-corrected chi connectivity index (χ0v) is 14.8. The number of benzene rings is 1. The van der Waals surface area contributed by atoms with E-state index < -0.39 is 24.5 Å². The summed E-state index contributed by atoms with van der Waals surface area (Å²) in [6, 6.07) is 5.94. The molecule has 8 nitrogen and oxygen atoms in total. The Balaban J connectivity index is 1.43. The van der Waals surface area contributed by atoms with Crippen LogP contribution in [0.5, 0.6) is 5.75 Å². The summed E-state index contributed by atoms with van der Waals surface area (Å²) in [5.74, 6) is 0.657. The average Bonchev–Trinajstić information content (AvgIpc) is 3.30. The summed E-state index contributed by atoms with van der Waals surface area (Å²) < 4.78 is 16.8. The van der Waals surface area contributed by atoms with Gasteiger partial charge in [0.15, 0.2) is 6.29 Å². The Labute approximate surface area is 152 Å². The molecule has 142 valence electrons. The van der Waals surface area contributed by atoms with Crippen molar-refractivity contribution in [2.45, 2.75) is 43.4 Å². The smallest absolute Gasteiger partial charge is 0.319 e. The maximum Gasteiger partial charge on any atom is 0.319 e. The highest BCUT2D eigenvalue weighted by Gasteiger charge is 2.52. The second-order valence-corrected chi connectivity index (χ2v) is 6.96. The quantitative estimate of drug-likeness (QED) is 0.732. The predicted molar refractivity (Wildman–Crippen MR) is 94.2 cm³/mol. The molecule has 0 unspecified atom stereocenters. The molecule has 2 amide bonds. The number of hydrogen-bond donors (Lipinski definition) is 3. The standard InChI is InChI=1S/C18H25N3O5/c1-24-12-6-4-5-11(9-12)19-18(23)20-14-13-10-25-17(26-13)15(16(14)22)21-7-2-3-8-21/h4-6,9,13-17,22H,2-3,7-8,10H2,1H3,(H2,19,20,23)/t13-,14-,15-,16+,17-/m1/s1. The van der Waals surface area contributed by atoms with E-state index in [-0.39, 0.29) is 12.1 Å². The lowest BCUT2D eigenvalue weighted by molar-refractivity contribution is -0.177. The summed E-state index contributed by atoms with van der Waals surface area (Å²) in [5, 5.41) is 16.5. The summed E-state index contributed by atoms with van der Waals surface area (Å²) in [6.45, 7) is 2.20. The van der Waals surface area contributed by atoms with Crippen molar-refractivity contribution in [3.8, 4) is 5.75 Å². The third-order valence-electron chi connectivity index (χ3n) is 5.32. The SMILES string of the molecule is COc1cccc(NC(=O)N[C@H]2[C@H](O)[C@@H](N3CCCC3)[C@@H]3OC[C@H]2O3)c1. The molecule has 3 fully saturated rings. The molecule has 5 atom stereocenters. The number of likely N-dealkylation sites (tertiary alicyclic amines) is 1. The van der Waals surface area contributed by atoms with Gasteiger partial charge in [-0.05, 0) is 38.1 Å². The fourth-order valence-corrected chi connectivity index (χ4v) is 4.03. The number of amides is 2. The predicted octanol–water partition coefficient (Wildman–Crippen LogP) is 0.766. The Bertz CT molecular complexity index is 649. The first-order valence-corrected chi connectivity index (χ1v) is 9.06. The van der Waals surface area contributed by atoms with E-state index in [9.17, 15) is 9.90 Å². The van der Waals surface area contributed by atoms with Crippen LogP contribution < -0.4 is 15.4 Å². The van der Waals surface area contributed by atoms with Gasteiger partial charge in [0.2, 0.25) is 0 Å². The number of nitrogens with one attached hydrogen (secondary N) is 2. The molecule has 4 rings (SSSR count). The molecule has 3 aliphatic rings. The number of aliphatic hydroxyl groups excluding tert-OH is 1. The molecule has 3 aliphatic heterocycles. The van der Waals surface area contributed by atoms with Gasteiger partial charge >= 0.3 is 6.03 Å². The molecule has 1 aromatic carbocycles. The van der Waals surface area contributed by atoms with E-state index >= 15 is 0 Å². The number of nitrogens with zero attached hydrogens (tertiary/aromatic N) is 1. The number of rotatable bonds is 4. The van der Waals surface area contributed by atoms with E-state index in [0.29, 0.717) is 18.0 Å². The maximum absolute atomic E-state index is 12.4. The molecule has 0 saturated carbocycles. The van der Waals surface area contributed by atoms with Crippen LogP contribution in [-0.2, 0) is 9.47 Å². The summed E-state index contributed by atoms with van der Waals surface area (Å²) in [6.07, 6.45) is 0.703. The van der Waals surface area contributed by atoms with E-state index in [0.717, 1.165) is 25.9 Å². The van der Waals surface area contributed by atoms with Crippen molar-refractivity contribution >= 4 is 11.7 Å². The number of carbonyl (C=O) groups excluding carboxylic acids is 1. The van der Waals surface area contributed by atoms with Crippen LogP contribution in [0, 0.1) is 0 Å². The van der Waals surface area contributed by atoms with Crippen LogP contribution in [0.3, 0.4) is 0 Å². The van der Waals surface area contributed by atoms with Gasteiger partial charge in [-0.15, -0.1) is 0 Å². The number of ether oxygens (including phenoxy) is 3. The first-order chi connectivity index (χ1) is 12.7. The van der Waals surface area contributed by atoms with Gasteiger partial charge in [0.05, 0.1) is 31.9 Å². The van der Waals surface area contributed by atoms with Crippen molar-refractivity contribution in [1.29, 1.82) is 0 Å². The summed E-state index contributed by atoms with van der Waals surface area (Å²) >= 11 is 0. The zero-order valence-electron chi connectivity index (χ0n) is 14.8. The minimum absolute atomic E-state index is 0.252. The normalized spacial score (nSPS) is 33.8. The minimum atomic E-state index is -0.740. The number of fused-ring (bicyclic) bond motifs is 2. The van der Waals surface area contributed by atoms with E-state index in [2.05, 4.69) is 15.5 Å². The number of urea groups is 1. The van der Waals surface area contributed by atoms with Gasteiger partial charge in [0, 0.05) is 11.8 Å². The lowest BCUT2D eigenvalue weighted by Gasteiger charge is -2.42. The second-order valence-electron chi connectivity index (χ2n) is 6.96. The van der Waals surface area contributed by atoms with Gasteiger partial charge in [0.1, 0.15) is 11.9 Å². The minimum Gasteiger partial charge on any atom is -0.497 e. The molecule has 3 saturated heterocycles. The molecule has 26 heavy (non-hydrogen) atoms. The van der Waals surface area contributed by atoms with Gasteiger partial charge in [-0.25, -0.2) is 4.79 Å². The van der Waals surface area contributed by atoms with Crippen LogP contribution in [0.25, 0.3) is 0 Å². The largest absolute Gasteiger partial charge is 0.497 e. The lowest BCUT2D eigenvalue weighted by Crippen LogP contribution is -2.65. The molecule has 0 spiro atoms. The van der Waals surface area contributed by atoms with Crippen molar-refractivity contribution in [1.82, 2.24) is 10.2 Å². The van der Waals surface area contributed by atoms with E-state index in [1.807, 2.05) is 0 Å². The molecule has 8 heteroatoms. The van der Waals surface area contributed by atoms with Crippen LogP contribution in [0.1, 0.15) is 12.8 Å². The highest BCUT2D eigenvalue weighted by molar-refractivity contribution is 5.89. The molecule has 2 bridgehead atoms. The van der Waals surface area contributed by atoms with Gasteiger partial charge in [-0.1, -0.05) is 6.07 Å². The first-order valence-electron chi connectivity index (χ1n) is 9.06. The van der Waals surface area contributed by atoms with E-state index in [1.54, 1.807) is 31.4 Å². The molecule has 1 aromatic rings. The third-order valence-corrected chi connectivity index (χ3v) is 5.32. The van der Waals surface area contributed by atoms with Crippen molar-refractivity contribution < 1.29 is 24.1 Å². The fraction of sp³-hybridized carbons (Fsp3) is 0.611. The van der Waals surface area contributed by atoms with Crippen molar-refractivity contribution in [2.75, 3.05) is 32.1 Å². The van der Waals surface area contributed by atoms with Gasteiger partial charge < -0.3 is 30.0 Å². The molecular weight excluding hydrogens is 338 g/mol. The molecular formula is C18H25N3O5. The topological polar surface area (TPSA) is 92.3 Å². The Morgan fingerprint density at radius 1 is 1.35 bits per heavy atom. The average molecular weight is 363 g/mol. The summed E-state index contributed by atoms with van der Waals surface area (Å²) in [5.41, 5.74) is 0.615. The number of anilines is 1. The number of carbonyl (C=O) groups is 1. The Kier molecular flexibility index (Phi) is 4.99. The van der Waals surface area contributed by atoms with Gasteiger partial charge in [0.25, 0.3) is 0 Å². The van der Waals surface area contributed by atoms with Crippen LogP contribution in [0.2, 0.25) is 0 Å². The zero-order chi connectivity index (χ0) is 18.1. The Hall–Kier alpha value is -1.87. The monoisotopic (exact) mass is 363 g/mol. The van der Waals surface area contributed by atoms with Crippen LogP contribution in [0.4, 0.5) is 10.5 Å². The Morgan fingerprint density at radius 3 is 2.92 bits per heavy atom. The summed E-state index contributed by atoms with van der Waals surface area (Å²) in [4.78, 5) is 14.6. The first kappa shape index (κ1) is 17.5. The number of methoxy groups -OCH3 is 1. The van der Waals surface area contributed by atoms with E-state index in [4.69, 9.17) is 14.2 Å². The van der Waals surface area contributed by atoms with Gasteiger partial charge in [-0.3, -0.25) is 4.90 Å². The van der Waals surface area contributed by atoms with E-state index in [1.165, 1.54) is 0 Å². The lowest BCUT2D eigenvalue weighted by atomic mass is 9.95. The number of hydrogen-bond acceptors (Lipinski definition) is 6. The Morgan fingerprint density at radius 2 is 2.15 bits per heavy atom. The highest BCUT2D eigenvalue weighted by Crippen LogP contribution is 2.33. The molecule has 3 heterocycles. The third kappa shape index (κ3) is 3.37. The van der Waals surface area contributed by atoms with Crippen molar-refractivity contribution in [2.24, 2.45) is 0 Å². The molecule has 0 radical (unpaired) electrons. The van der Waals surface area contributed by atoms with Crippen molar-refractivity contribution in [3.05, 3.63) is 24.3 Å². The van der Waals surface area contributed by atoms with Crippen LogP contribution in [-0.4, -0.2) is 73.4 Å². The molecule has 0 aliphatic carbocycles. The second kappa shape index (κ2) is 7.40. The highest BCUT2D eigenvalue weighted by atomic mass is 16.7.